The van der Waals surface area contributed by atoms with Gasteiger partial charge in [-0.3, -0.25) is 13.9 Å². The number of hydrogen-bond donors (Lipinski definition) is 1. The summed E-state index contributed by atoms with van der Waals surface area (Å²) in [6.45, 7) is 8.92. The molecule has 1 N–H and O–H groups in total. The highest BCUT2D eigenvalue weighted by atomic mass is 32.2. The highest BCUT2D eigenvalue weighted by molar-refractivity contribution is 7.92. The molecule has 8 nitrogen and oxygen atoms in total. The summed E-state index contributed by atoms with van der Waals surface area (Å²) in [4.78, 5) is 28.7. The zero-order chi connectivity index (χ0) is 29.4. The molecule has 0 aliphatic heterocycles. The van der Waals surface area contributed by atoms with Gasteiger partial charge in [0.2, 0.25) is 11.8 Å². The van der Waals surface area contributed by atoms with Crippen molar-refractivity contribution in [3.8, 4) is 5.75 Å². The second-order valence-corrected chi connectivity index (χ2v) is 11.9. The summed E-state index contributed by atoms with van der Waals surface area (Å²) in [5.41, 5.74) is 2.90. The van der Waals surface area contributed by atoms with Crippen molar-refractivity contribution in [1.29, 1.82) is 0 Å². The number of benzene rings is 3. The Kier molecular flexibility index (Phi) is 10.3. The average molecular weight is 566 g/mol. The van der Waals surface area contributed by atoms with Crippen LogP contribution in [0, 0.1) is 13.8 Å². The Hall–Kier alpha value is -3.85. The van der Waals surface area contributed by atoms with Gasteiger partial charge in [-0.1, -0.05) is 43.3 Å². The third-order valence-corrected chi connectivity index (χ3v) is 8.57. The molecule has 214 valence electrons. The maximum Gasteiger partial charge on any atom is 0.264 e. The van der Waals surface area contributed by atoms with Crippen molar-refractivity contribution in [2.75, 3.05) is 18.0 Å². The lowest BCUT2D eigenvalue weighted by Crippen LogP contribution is -2.52. The van der Waals surface area contributed by atoms with Gasteiger partial charge in [-0.05, 0) is 87.2 Å². The van der Waals surface area contributed by atoms with Gasteiger partial charge in [0.1, 0.15) is 18.3 Å². The fourth-order valence-corrected chi connectivity index (χ4v) is 5.74. The fraction of sp³-hybridized carbons (Fsp3) is 0.355. The highest BCUT2D eigenvalue weighted by Crippen LogP contribution is 2.27. The van der Waals surface area contributed by atoms with Crippen LogP contribution in [0.25, 0.3) is 0 Å². The number of nitrogens with zero attached hydrogens (tertiary/aromatic N) is 2. The molecule has 0 fully saturated rings. The van der Waals surface area contributed by atoms with Gasteiger partial charge < -0.3 is 15.0 Å². The number of anilines is 1. The first-order valence-electron chi connectivity index (χ1n) is 13.3. The van der Waals surface area contributed by atoms with E-state index in [1.54, 1.807) is 56.5 Å². The monoisotopic (exact) mass is 565 g/mol. The van der Waals surface area contributed by atoms with Gasteiger partial charge in [-0.2, -0.15) is 0 Å². The van der Waals surface area contributed by atoms with E-state index in [-0.39, 0.29) is 23.4 Å². The first-order valence-corrected chi connectivity index (χ1v) is 14.8. The van der Waals surface area contributed by atoms with Crippen molar-refractivity contribution in [2.24, 2.45) is 0 Å². The van der Waals surface area contributed by atoms with Gasteiger partial charge in [0.15, 0.2) is 0 Å². The molecule has 9 heteroatoms. The van der Waals surface area contributed by atoms with Crippen molar-refractivity contribution >= 4 is 27.5 Å². The van der Waals surface area contributed by atoms with E-state index >= 15 is 0 Å². The third-order valence-electron chi connectivity index (χ3n) is 6.78. The minimum atomic E-state index is -4.10. The van der Waals surface area contributed by atoms with Crippen molar-refractivity contribution in [3.05, 3.63) is 89.5 Å². The first-order chi connectivity index (χ1) is 19.0. The average Bonchev–Trinajstić information content (AvgIpc) is 2.94. The molecule has 3 rings (SSSR count). The Morgan fingerprint density at radius 1 is 0.925 bits per heavy atom. The fourth-order valence-electron chi connectivity index (χ4n) is 4.32. The van der Waals surface area contributed by atoms with E-state index in [1.165, 1.54) is 17.0 Å². The minimum Gasteiger partial charge on any atom is -0.497 e. The van der Waals surface area contributed by atoms with Crippen LogP contribution in [0.3, 0.4) is 0 Å². The second kappa shape index (κ2) is 13.5. The minimum absolute atomic E-state index is 0.0712. The number of sulfonamides is 1. The van der Waals surface area contributed by atoms with E-state index in [0.717, 1.165) is 27.4 Å². The Balaban J connectivity index is 2.04. The van der Waals surface area contributed by atoms with E-state index in [9.17, 15) is 18.0 Å². The zero-order valence-corrected chi connectivity index (χ0v) is 24.9. The molecule has 0 aliphatic carbocycles. The maximum atomic E-state index is 14.0. The number of hydrogen-bond acceptors (Lipinski definition) is 5. The summed E-state index contributed by atoms with van der Waals surface area (Å²) in [5, 5.41) is 2.94. The molecule has 3 aromatic rings. The van der Waals surface area contributed by atoms with E-state index in [0.29, 0.717) is 11.4 Å². The third kappa shape index (κ3) is 7.63. The van der Waals surface area contributed by atoms with Crippen LogP contribution >= 0.6 is 0 Å². The number of rotatable bonds is 12. The molecule has 0 saturated heterocycles. The molecule has 2 amide bonds. The molecule has 0 heterocycles. The number of carbonyl (C=O) groups excluding carboxylic acids is 2. The van der Waals surface area contributed by atoms with Crippen LogP contribution in [0.5, 0.6) is 5.75 Å². The van der Waals surface area contributed by atoms with Gasteiger partial charge >= 0.3 is 0 Å². The highest BCUT2D eigenvalue weighted by Gasteiger charge is 2.33. The summed E-state index contributed by atoms with van der Waals surface area (Å²) >= 11 is 0. The molecule has 0 saturated carbocycles. The van der Waals surface area contributed by atoms with Crippen LogP contribution in [0.15, 0.2) is 77.7 Å². The van der Waals surface area contributed by atoms with Crippen molar-refractivity contribution < 1.29 is 22.7 Å². The van der Waals surface area contributed by atoms with E-state index < -0.39 is 28.5 Å². The first kappa shape index (κ1) is 30.7. The molecular weight excluding hydrogens is 526 g/mol. The molecule has 0 aliphatic rings. The Labute approximate surface area is 238 Å². The van der Waals surface area contributed by atoms with E-state index in [4.69, 9.17) is 4.74 Å². The van der Waals surface area contributed by atoms with Crippen molar-refractivity contribution in [3.63, 3.8) is 0 Å². The van der Waals surface area contributed by atoms with Crippen LogP contribution in [0.1, 0.15) is 43.9 Å². The summed E-state index contributed by atoms with van der Waals surface area (Å²) in [6.07, 6.45) is 0.737. The molecule has 2 atom stereocenters. The summed E-state index contributed by atoms with van der Waals surface area (Å²) in [6, 6.07) is 19.8. The molecule has 0 spiro atoms. The van der Waals surface area contributed by atoms with E-state index in [2.05, 4.69) is 5.32 Å². The SMILES string of the molecule is CC[C@@H](C)NC(=O)[C@@H](C)N(Cc1ccc(OC)cc1)C(=O)CN(c1cc(C)cc(C)c1)S(=O)(=O)c1ccccc1. The number of nitrogens with one attached hydrogen (secondary N) is 1. The lowest BCUT2D eigenvalue weighted by Gasteiger charge is -2.32. The van der Waals surface area contributed by atoms with Crippen molar-refractivity contribution in [2.45, 2.75) is 64.6 Å². The summed E-state index contributed by atoms with van der Waals surface area (Å²) in [5.74, 6) is -0.138. The molecule has 40 heavy (non-hydrogen) atoms. The Morgan fingerprint density at radius 3 is 2.08 bits per heavy atom. The van der Waals surface area contributed by atoms with Gasteiger partial charge in [-0.25, -0.2) is 8.42 Å². The smallest absolute Gasteiger partial charge is 0.264 e. The van der Waals surface area contributed by atoms with Crippen LogP contribution in [-0.4, -0.2) is 50.9 Å². The second-order valence-electron chi connectivity index (χ2n) is 10.0. The Bertz CT molecular complexity index is 1390. The quantitative estimate of drug-likeness (QED) is 0.339. The normalized spacial score (nSPS) is 12.8. The maximum absolute atomic E-state index is 14.0. The predicted molar refractivity (Wildman–Crippen MR) is 158 cm³/mol. The van der Waals surface area contributed by atoms with Gasteiger partial charge in [0.25, 0.3) is 10.0 Å². The van der Waals surface area contributed by atoms with Gasteiger partial charge in [0.05, 0.1) is 17.7 Å². The van der Waals surface area contributed by atoms with Gasteiger partial charge in [0, 0.05) is 12.6 Å². The van der Waals surface area contributed by atoms with Crippen LogP contribution in [-0.2, 0) is 26.2 Å². The largest absolute Gasteiger partial charge is 0.497 e. The Morgan fingerprint density at radius 2 is 1.52 bits per heavy atom. The van der Waals surface area contributed by atoms with Gasteiger partial charge in [-0.15, -0.1) is 0 Å². The molecule has 3 aromatic carbocycles. The molecule has 0 radical (unpaired) electrons. The predicted octanol–water partition coefficient (Wildman–Crippen LogP) is 4.84. The van der Waals surface area contributed by atoms with Crippen LogP contribution in [0.2, 0.25) is 0 Å². The zero-order valence-electron chi connectivity index (χ0n) is 24.0. The lowest BCUT2D eigenvalue weighted by atomic mass is 10.1. The standard InChI is InChI=1S/C31H39N3O5S/c1-7-24(4)32-31(36)25(5)33(20-26-13-15-28(39-6)16-14-26)30(35)21-34(27-18-22(2)17-23(3)19-27)40(37,38)29-11-9-8-10-12-29/h8-19,24-25H,7,20-21H2,1-6H3,(H,32,36)/t24-,25-/m1/s1. The number of aryl methyl sites for hydroxylation is 2. The summed E-state index contributed by atoms with van der Waals surface area (Å²) < 4.78 is 34.2. The summed E-state index contributed by atoms with van der Waals surface area (Å²) in [7, 11) is -2.53. The number of methoxy groups -OCH3 is 1. The topological polar surface area (TPSA) is 96.0 Å². The van der Waals surface area contributed by atoms with Crippen LogP contribution in [0.4, 0.5) is 5.69 Å². The lowest BCUT2D eigenvalue weighted by molar-refractivity contribution is -0.139. The molecule has 0 bridgehead atoms. The number of carbonyl (C=O) groups is 2. The number of ether oxygens (including phenoxy) is 1. The molecule has 0 aromatic heterocycles. The van der Waals surface area contributed by atoms with E-state index in [1.807, 2.05) is 45.9 Å². The molecule has 0 unspecified atom stereocenters. The number of amides is 2. The molecular formula is C31H39N3O5S. The van der Waals surface area contributed by atoms with Crippen LogP contribution < -0.4 is 14.4 Å². The van der Waals surface area contributed by atoms with Crippen molar-refractivity contribution in [1.82, 2.24) is 10.2 Å².